The molecule has 3 atom stereocenters. The first-order chi connectivity index (χ1) is 7.60. The number of hydrogen-bond donors (Lipinski definition) is 3. The van der Waals surface area contributed by atoms with Crippen molar-refractivity contribution in [2.24, 2.45) is 5.92 Å². The van der Waals surface area contributed by atoms with Gasteiger partial charge in [0.05, 0.1) is 0 Å². The minimum atomic E-state index is -1.00. The van der Waals surface area contributed by atoms with Gasteiger partial charge in [0.2, 0.25) is 0 Å². The normalized spacial score (nSPS) is 34.2. The van der Waals surface area contributed by atoms with Crippen molar-refractivity contribution in [1.82, 2.24) is 5.32 Å². The third-order valence-corrected chi connectivity index (χ3v) is 3.63. The summed E-state index contributed by atoms with van der Waals surface area (Å²) in [6.07, 6.45) is 1.72. The van der Waals surface area contributed by atoms with Gasteiger partial charge in [-0.15, -0.1) is 12.6 Å². The number of nitrogens with one attached hydrogen (secondary N) is 1. The van der Waals surface area contributed by atoms with E-state index in [1.165, 1.54) is 0 Å². The first-order valence-electron chi connectivity index (χ1n) is 6.04. The second-order valence-electron chi connectivity index (χ2n) is 5.90. The molecule has 1 saturated carbocycles. The smallest absolute Gasteiger partial charge is 0.407 e. The van der Waals surface area contributed by atoms with Crippen LogP contribution in [0.15, 0.2) is 0 Å². The van der Waals surface area contributed by atoms with E-state index in [9.17, 15) is 9.90 Å². The van der Waals surface area contributed by atoms with Crippen LogP contribution in [0.2, 0.25) is 0 Å². The molecule has 100 valence electrons. The summed E-state index contributed by atoms with van der Waals surface area (Å²) in [5.74, 6) is 0.141. The Morgan fingerprint density at radius 2 is 2.06 bits per heavy atom. The average molecular weight is 261 g/mol. The fourth-order valence-corrected chi connectivity index (χ4v) is 2.30. The minimum absolute atomic E-state index is 0.0662. The molecule has 0 aliphatic heterocycles. The first kappa shape index (κ1) is 14.6. The zero-order valence-corrected chi connectivity index (χ0v) is 11.9. The topological polar surface area (TPSA) is 58.6 Å². The average Bonchev–Trinajstić information content (AvgIpc) is 2.07. The molecule has 0 aromatic carbocycles. The van der Waals surface area contributed by atoms with Gasteiger partial charge in [0.1, 0.15) is 10.5 Å². The van der Waals surface area contributed by atoms with Crippen LogP contribution in [0.5, 0.6) is 0 Å². The lowest BCUT2D eigenvalue weighted by molar-refractivity contribution is 0.0223. The molecule has 4 nitrogen and oxygen atoms in total. The van der Waals surface area contributed by atoms with Crippen molar-refractivity contribution >= 4 is 18.7 Å². The van der Waals surface area contributed by atoms with Crippen molar-refractivity contribution in [2.45, 2.75) is 63.5 Å². The molecule has 0 spiro atoms. The molecule has 17 heavy (non-hydrogen) atoms. The molecule has 1 aliphatic carbocycles. The molecule has 1 rings (SSSR count). The summed E-state index contributed by atoms with van der Waals surface area (Å²) < 4.78 is 5.18. The largest absolute Gasteiger partial charge is 0.444 e. The van der Waals surface area contributed by atoms with E-state index in [4.69, 9.17) is 4.74 Å². The molecular formula is C12H23NO3S. The molecule has 0 saturated heterocycles. The van der Waals surface area contributed by atoms with E-state index in [2.05, 4.69) is 17.9 Å². The van der Waals surface area contributed by atoms with Crippen LogP contribution in [-0.2, 0) is 4.74 Å². The molecule has 0 aromatic heterocycles. The maximum Gasteiger partial charge on any atom is 0.407 e. The number of thiol groups is 1. The molecule has 0 unspecified atom stereocenters. The van der Waals surface area contributed by atoms with Crippen molar-refractivity contribution in [3.05, 3.63) is 0 Å². The number of carbonyl (C=O) groups is 1. The molecular weight excluding hydrogens is 238 g/mol. The lowest BCUT2D eigenvalue weighted by Gasteiger charge is -2.38. The molecule has 0 aromatic rings. The Kier molecular flexibility index (Phi) is 4.36. The van der Waals surface area contributed by atoms with E-state index < -0.39 is 16.6 Å². The monoisotopic (exact) mass is 261 g/mol. The van der Waals surface area contributed by atoms with Crippen molar-refractivity contribution in [1.29, 1.82) is 0 Å². The van der Waals surface area contributed by atoms with E-state index in [0.29, 0.717) is 6.42 Å². The highest BCUT2D eigenvalue weighted by Crippen LogP contribution is 2.36. The number of alkyl carbamates (subject to hydrolysis) is 1. The van der Waals surface area contributed by atoms with Gasteiger partial charge in [-0.2, -0.15) is 0 Å². The van der Waals surface area contributed by atoms with Crippen molar-refractivity contribution in [2.75, 3.05) is 0 Å². The van der Waals surface area contributed by atoms with Gasteiger partial charge >= 0.3 is 6.09 Å². The highest BCUT2D eigenvalue weighted by molar-refractivity contribution is 7.81. The first-order valence-corrected chi connectivity index (χ1v) is 6.49. The lowest BCUT2D eigenvalue weighted by atomic mass is 9.84. The van der Waals surface area contributed by atoms with Gasteiger partial charge < -0.3 is 15.2 Å². The van der Waals surface area contributed by atoms with Crippen LogP contribution < -0.4 is 5.32 Å². The number of hydrogen-bond acceptors (Lipinski definition) is 4. The summed E-state index contributed by atoms with van der Waals surface area (Å²) in [6, 6.07) is -0.0662. The molecule has 0 bridgehead atoms. The third-order valence-electron chi connectivity index (χ3n) is 3.01. The van der Waals surface area contributed by atoms with Gasteiger partial charge in [-0.1, -0.05) is 6.92 Å². The third kappa shape index (κ3) is 4.76. The number of carbonyl (C=O) groups excluding carboxylic acids is 1. The van der Waals surface area contributed by atoms with Crippen LogP contribution >= 0.6 is 12.6 Å². The number of aliphatic hydroxyl groups is 1. The highest BCUT2D eigenvalue weighted by Gasteiger charge is 2.37. The van der Waals surface area contributed by atoms with E-state index in [1.807, 2.05) is 27.7 Å². The van der Waals surface area contributed by atoms with Crippen molar-refractivity contribution in [3.8, 4) is 0 Å². The highest BCUT2D eigenvalue weighted by atomic mass is 32.1. The van der Waals surface area contributed by atoms with E-state index in [-0.39, 0.29) is 12.0 Å². The predicted molar refractivity (Wildman–Crippen MR) is 70.1 cm³/mol. The summed E-state index contributed by atoms with van der Waals surface area (Å²) in [5, 5.41) is 12.8. The summed E-state index contributed by atoms with van der Waals surface area (Å²) in [4.78, 5) is 10.6. The summed E-state index contributed by atoms with van der Waals surface area (Å²) >= 11 is 4.24. The van der Waals surface area contributed by atoms with Gasteiger partial charge in [0, 0.05) is 12.5 Å². The summed E-state index contributed by atoms with van der Waals surface area (Å²) in [6.45, 7) is 7.44. The van der Waals surface area contributed by atoms with Crippen molar-refractivity contribution < 1.29 is 14.6 Å². The van der Waals surface area contributed by atoms with Gasteiger partial charge in [0.25, 0.3) is 0 Å². The maximum atomic E-state index is 11.6. The van der Waals surface area contributed by atoms with Crippen molar-refractivity contribution in [3.63, 3.8) is 0 Å². The Labute approximate surface area is 109 Å². The Bertz CT molecular complexity index is 286. The standard InChI is InChI=1S/C12H23NO3S/c1-8-5-6-9(7-12(8,15)17)13-10(14)16-11(2,3)4/h8-9,15,17H,5-7H2,1-4H3,(H,13,14)/t8-,9+,12-/m0/s1. The number of amides is 1. The SMILES string of the molecule is C[C@H]1CC[C@@H](NC(=O)OC(C)(C)C)C[C@]1(O)S. The Morgan fingerprint density at radius 3 is 2.53 bits per heavy atom. The number of ether oxygens (including phenoxy) is 1. The molecule has 1 aliphatic rings. The van der Waals surface area contributed by atoms with E-state index in [1.54, 1.807) is 0 Å². The number of rotatable bonds is 1. The second-order valence-corrected chi connectivity index (χ2v) is 6.68. The van der Waals surface area contributed by atoms with Crippen LogP contribution in [-0.4, -0.2) is 27.8 Å². The van der Waals surface area contributed by atoms with Gasteiger partial charge in [0.15, 0.2) is 0 Å². The van der Waals surface area contributed by atoms with Crippen LogP contribution in [0.25, 0.3) is 0 Å². The van der Waals surface area contributed by atoms with Gasteiger partial charge in [-0.05, 0) is 39.5 Å². The Balaban J connectivity index is 2.46. The summed E-state index contributed by atoms with van der Waals surface area (Å²) in [5.41, 5.74) is -0.497. The predicted octanol–water partition coefficient (Wildman–Crippen LogP) is 2.32. The van der Waals surface area contributed by atoms with E-state index >= 15 is 0 Å². The van der Waals surface area contributed by atoms with Crippen LogP contribution in [0.3, 0.4) is 0 Å². The molecule has 0 heterocycles. The fraction of sp³-hybridized carbons (Fsp3) is 0.917. The maximum absolute atomic E-state index is 11.6. The van der Waals surface area contributed by atoms with Crippen LogP contribution in [0.4, 0.5) is 4.79 Å². The van der Waals surface area contributed by atoms with Gasteiger partial charge in [-0.3, -0.25) is 0 Å². The molecule has 5 heteroatoms. The molecule has 1 amide bonds. The second kappa shape index (κ2) is 5.06. The quantitative estimate of drug-likeness (QED) is 0.501. The van der Waals surface area contributed by atoms with Crippen LogP contribution in [0.1, 0.15) is 47.0 Å². The molecule has 2 N–H and O–H groups in total. The summed E-state index contributed by atoms with van der Waals surface area (Å²) in [7, 11) is 0. The van der Waals surface area contributed by atoms with Gasteiger partial charge in [-0.25, -0.2) is 4.79 Å². The molecule has 0 radical (unpaired) electrons. The Morgan fingerprint density at radius 1 is 1.47 bits per heavy atom. The fourth-order valence-electron chi connectivity index (χ4n) is 1.95. The zero-order valence-electron chi connectivity index (χ0n) is 11.0. The van der Waals surface area contributed by atoms with E-state index in [0.717, 1.165) is 12.8 Å². The lowest BCUT2D eigenvalue weighted by Crippen LogP contribution is -2.48. The minimum Gasteiger partial charge on any atom is -0.444 e. The van der Waals surface area contributed by atoms with Crippen LogP contribution in [0, 0.1) is 5.92 Å². The molecule has 1 fully saturated rings. The zero-order chi connectivity index (χ0) is 13.3. The Hall–Kier alpha value is -0.420.